The molecule has 5 heteroatoms. The van der Waals surface area contributed by atoms with Crippen LogP contribution in [-0.2, 0) is 0 Å². The van der Waals surface area contributed by atoms with Crippen molar-refractivity contribution in [2.24, 2.45) is 5.73 Å². The van der Waals surface area contributed by atoms with E-state index in [2.05, 4.69) is 10.6 Å². The van der Waals surface area contributed by atoms with E-state index < -0.39 is 8.07 Å². The molecule has 0 spiro atoms. The molecule has 0 fully saturated rings. The summed E-state index contributed by atoms with van der Waals surface area (Å²) in [6.45, 7) is 0. The Bertz CT molecular complexity index is 134. The van der Waals surface area contributed by atoms with Gasteiger partial charge in [-0.3, -0.25) is 0 Å². The number of thiocarbonyl (C=S) groups is 1. The molecule has 0 saturated carbocycles. The molecule has 1 atom stereocenters. The molecule has 0 aromatic heterocycles. The van der Waals surface area contributed by atoms with Crippen molar-refractivity contribution in [1.29, 1.82) is 0 Å². The first-order valence-electron chi connectivity index (χ1n) is 2.07. The van der Waals surface area contributed by atoms with E-state index in [-0.39, 0.29) is 0 Å². The second kappa shape index (κ2) is 2.40. The van der Waals surface area contributed by atoms with E-state index in [1.54, 1.807) is 6.20 Å². The molecule has 8 heavy (non-hydrogen) atoms. The summed E-state index contributed by atoms with van der Waals surface area (Å²) in [4.78, 5) is 0. The van der Waals surface area contributed by atoms with Gasteiger partial charge in [-0.05, 0) is 5.82 Å². The Hall–Kier alpha value is -0.180. The Morgan fingerprint density at radius 1 is 1.75 bits per heavy atom. The highest BCUT2D eigenvalue weighted by atomic mass is 32.1. The minimum absolute atomic E-state index is 0.529. The highest BCUT2D eigenvalue weighted by Gasteiger charge is 2.08. The van der Waals surface area contributed by atoms with Crippen molar-refractivity contribution in [2.75, 3.05) is 0 Å². The molecule has 0 aliphatic carbocycles. The van der Waals surface area contributed by atoms with Crippen LogP contribution in [0.25, 0.3) is 0 Å². The highest BCUT2D eigenvalue weighted by molar-refractivity contribution is 7.99. The maximum Gasteiger partial charge on any atom is 0.117 e. The minimum atomic E-state index is -0.537. The molecule has 1 unspecified atom stereocenters. The summed E-state index contributed by atoms with van der Waals surface area (Å²) in [6.07, 6.45) is 1.80. The maximum absolute atomic E-state index is 5.30. The van der Waals surface area contributed by atoms with E-state index in [1.165, 1.54) is 0 Å². The number of rotatable bonds is 1. The zero-order chi connectivity index (χ0) is 5.98. The molecule has 0 aromatic rings. The van der Waals surface area contributed by atoms with Crippen LogP contribution in [0.2, 0.25) is 0 Å². The van der Waals surface area contributed by atoms with Gasteiger partial charge in [-0.1, -0.05) is 12.2 Å². The third-order valence-corrected chi connectivity index (χ3v) is 2.61. The van der Waals surface area contributed by atoms with Crippen molar-refractivity contribution < 1.29 is 0 Å². The van der Waals surface area contributed by atoms with Gasteiger partial charge in [0.05, 0.1) is 8.07 Å². The van der Waals surface area contributed by atoms with Gasteiger partial charge >= 0.3 is 0 Å². The summed E-state index contributed by atoms with van der Waals surface area (Å²) in [7, 11) is -0.537. The lowest BCUT2D eigenvalue weighted by atomic mass is 11.1. The average molecular weight is 147 g/mol. The van der Waals surface area contributed by atoms with Crippen molar-refractivity contribution in [2.45, 2.75) is 0 Å². The van der Waals surface area contributed by atoms with E-state index in [0.29, 0.717) is 4.73 Å². The van der Waals surface area contributed by atoms with Crippen LogP contribution in [0.1, 0.15) is 0 Å². The van der Waals surface area contributed by atoms with Gasteiger partial charge in [0.2, 0.25) is 0 Å². The van der Waals surface area contributed by atoms with Crippen LogP contribution in [0.4, 0.5) is 0 Å². The first-order valence-corrected chi connectivity index (χ1v) is 3.89. The molecule has 1 rings (SSSR count). The van der Waals surface area contributed by atoms with Gasteiger partial charge in [-0.2, -0.15) is 0 Å². The van der Waals surface area contributed by atoms with Gasteiger partial charge in [0.1, 0.15) is 4.73 Å². The topological polar surface area (TPSA) is 50.1 Å². The van der Waals surface area contributed by atoms with Gasteiger partial charge in [0, 0.05) is 6.20 Å². The lowest BCUT2D eigenvalue weighted by molar-refractivity contribution is 0.887. The Balaban J connectivity index is 2.48. The standard InChI is InChI=1S/C3H6N3PS/c4-3(8)7-2-1-5-6-7/h1-2,5-6H,(H2,4,8). The predicted molar refractivity (Wildman–Crippen MR) is 39.1 cm³/mol. The first-order chi connectivity index (χ1) is 3.80. The summed E-state index contributed by atoms with van der Waals surface area (Å²) >= 11 is 4.71. The maximum atomic E-state index is 5.30. The number of hydrazine groups is 1. The van der Waals surface area contributed by atoms with E-state index in [4.69, 9.17) is 18.0 Å². The van der Waals surface area contributed by atoms with Gasteiger partial charge < -0.3 is 11.2 Å². The molecule has 4 N–H and O–H groups in total. The van der Waals surface area contributed by atoms with Gasteiger partial charge in [0.15, 0.2) is 0 Å². The summed E-state index contributed by atoms with van der Waals surface area (Å²) in [5, 5.41) is 2.89. The van der Waals surface area contributed by atoms with Crippen LogP contribution in [-0.4, -0.2) is 4.73 Å². The number of hydrogen-bond acceptors (Lipinski definition) is 3. The van der Waals surface area contributed by atoms with E-state index in [9.17, 15) is 0 Å². The Morgan fingerprint density at radius 2 is 2.50 bits per heavy atom. The van der Waals surface area contributed by atoms with Gasteiger partial charge in [-0.25, -0.2) is 5.20 Å². The zero-order valence-electron chi connectivity index (χ0n) is 4.09. The Labute approximate surface area is 54.1 Å². The minimum Gasteiger partial charge on any atom is -0.388 e. The van der Waals surface area contributed by atoms with Crippen molar-refractivity contribution in [3.8, 4) is 0 Å². The molecular formula is C3H6N3PS. The highest BCUT2D eigenvalue weighted by Crippen LogP contribution is 2.32. The second-order valence-electron chi connectivity index (χ2n) is 1.28. The van der Waals surface area contributed by atoms with Crippen molar-refractivity contribution in [1.82, 2.24) is 10.6 Å². The number of nitrogens with two attached hydrogens (primary N) is 1. The Morgan fingerprint density at radius 3 is 2.75 bits per heavy atom. The molecule has 0 amide bonds. The molecule has 1 heterocycles. The van der Waals surface area contributed by atoms with Crippen molar-refractivity contribution in [3.63, 3.8) is 0 Å². The van der Waals surface area contributed by atoms with Crippen molar-refractivity contribution in [3.05, 3.63) is 12.0 Å². The molecule has 0 bridgehead atoms. The molecule has 44 valence electrons. The van der Waals surface area contributed by atoms with E-state index >= 15 is 0 Å². The summed E-state index contributed by atoms with van der Waals surface area (Å²) in [5.74, 6) is 1.93. The summed E-state index contributed by atoms with van der Waals surface area (Å²) in [5.41, 5.74) is 8.09. The van der Waals surface area contributed by atoms with E-state index in [0.717, 1.165) is 0 Å². The van der Waals surface area contributed by atoms with Crippen LogP contribution in [0.15, 0.2) is 12.0 Å². The fourth-order valence-corrected chi connectivity index (χ4v) is 1.47. The first kappa shape index (κ1) is 5.95. The lowest BCUT2D eigenvalue weighted by Crippen LogP contribution is -2.20. The van der Waals surface area contributed by atoms with Gasteiger partial charge in [0.25, 0.3) is 0 Å². The summed E-state index contributed by atoms with van der Waals surface area (Å²) in [6, 6.07) is 0. The van der Waals surface area contributed by atoms with Crippen LogP contribution >= 0.6 is 20.3 Å². The fraction of sp³-hybridized carbons (Fsp3) is 0. The summed E-state index contributed by atoms with van der Waals surface area (Å²) < 4.78 is 0.529. The van der Waals surface area contributed by atoms with Gasteiger partial charge in [-0.15, -0.1) is 0 Å². The fourth-order valence-electron chi connectivity index (χ4n) is 0.384. The molecule has 0 radical (unpaired) electrons. The normalized spacial score (nSPS) is 25.2. The molecule has 0 saturated heterocycles. The second-order valence-corrected chi connectivity index (χ2v) is 3.77. The third-order valence-electron chi connectivity index (χ3n) is 0.729. The molecule has 0 aromatic carbocycles. The zero-order valence-corrected chi connectivity index (χ0v) is 5.80. The predicted octanol–water partition coefficient (Wildman–Crippen LogP) is 0.206. The van der Waals surface area contributed by atoms with Crippen LogP contribution in [0.5, 0.6) is 0 Å². The molecule has 1 aliphatic heterocycles. The molecule has 1 aliphatic rings. The van der Waals surface area contributed by atoms with Crippen LogP contribution in [0.3, 0.4) is 0 Å². The smallest absolute Gasteiger partial charge is 0.117 e. The lowest BCUT2D eigenvalue weighted by Gasteiger charge is -2.03. The monoisotopic (exact) mass is 147 g/mol. The average Bonchev–Trinajstić information content (AvgIpc) is 2.12. The van der Waals surface area contributed by atoms with E-state index in [1.807, 2.05) is 5.82 Å². The van der Waals surface area contributed by atoms with Crippen LogP contribution < -0.4 is 16.4 Å². The Kier molecular flexibility index (Phi) is 1.78. The quantitative estimate of drug-likeness (QED) is 0.366. The third kappa shape index (κ3) is 1.15. The molecular weight excluding hydrogens is 141 g/mol. The molecule has 3 nitrogen and oxygen atoms in total. The number of nitrogens with one attached hydrogen (secondary N) is 2. The SMILES string of the molecule is NC(=S)P1C=CNN1. The van der Waals surface area contributed by atoms with Crippen LogP contribution in [0, 0.1) is 0 Å². The number of hydrogen-bond donors (Lipinski definition) is 3. The largest absolute Gasteiger partial charge is 0.388 e. The van der Waals surface area contributed by atoms with Crippen molar-refractivity contribution >= 4 is 25.0 Å².